The standard InChI is InChI=1S/C12H22NS2/c1-6-14-12-8-10(13(4)5)7-11(15-12)9(2)3/h8-9,11H,6-7H2,1-5H3/q+1. The summed E-state index contributed by atoms with van der Waals surface area (Å²) in [4.78, 5) is 0. The topological polar surface area (TPSA) is 3.01 Å². The third-order valence-electron chi connectivity index (χ3n) is 2.57. The Bertz CT molecular complexity index is 275. The first kappa shape index (κ1) is 13.2. The molecule has 0 N–H and O–H groups in total. The van der Waals surface area contributed by atoms with E-state index < -0.39 is 0 Å². The van der Waals surface area contributed by atoms with Crippen molar-refractivity contribution >= 4 is 29.2 Å². The SMILES string of the molecule is CCSC1=CC(=[N+](C)C)CC(C(C)C)S1. The highest BCUT2D eigenvalue weighted by Gasteiger charge is 2.26. The first-order chi connectivity index (χ1) is 7.04. The van der Waals surface area contributed by atoms with E-state index in [2.05, 4.69) is 57.3 Å². The Morgan fingerprint density at radius 3 is 2.67 bits per heavy atom. The van der Waals surface area contributed by atoms with Gasteiger partial charge >= 0.3 is 0 Å². The molecule has 0 saturated carbocycles. The summed E-state index contributed by atoms with van der Waals surface area (Å²) in [7, 11) is 4.29. The monoisotopic (exact) mass is 244 g/mol. The number of hydrogen-bond donors (Lipinski definition) is 0. The molecular weight excluding hydrogens is 222 g/mol. The van der Waals surface area contributed by atoms with Crippen molar-refractivity contribution in [3.63, 3.8) is 0 Å². The van der Waals surface area contributed by atoms with Gasteiger partial charge in [0, 0.05) is 22.0 Å². The van der Waals surface area contributed by atoms with Gasteiger partial charge in [-0.05, 0) is 11.7 Å². The van der Waals surface area contributed by atoms with Crippen LogP contribution in [0.1, 0.15) is 27.2 Å². The summed E-state index contributed by atoms with van der Waals surface area (Å²) in [5, 5.41) is 0.751. The molecule has 1 aliphatic rings. The van der Waals surface area contributed by atoms with Crippen LogP contribution < -0.4 is 0 Å². The van der Waals surface area contributed by atoms with Crippen LogP contribution >= 0.6 is 23.5 Å². The van der Waals surface area contributed by atoms with Crippen molar-refractivity contribution in [1.29, 1.82) is 0 Å². The second kappa shape index (κ2) is 6.00. The molecule has 0 aromatic rings. The fraction of sp³-hybridized carbons (Fsp3) is 0.750. The zero-order valence-corrected chi connectivity index (χ0v) is 12.0. The Labute approximate surface area is 102 Å². The van der Waals surface area contributed by atoms with Crippen molar-refractivity contribution in [2.75, 3.05) is 19.8 Å². The molecule has 1 nitrogen and oxygen atoms in total. The van der Waals surface area contributed by atoms with Crippen molar-refractivity contribution in [2.24, 2.45) is 5.92 Å². The normalized spacial score (nSPS) is 21.9. The Hall–Kier alpha value is 0.110. The van der Waals surface area contributed by atoms with E-state index in [-0.39, 0.29) is 0 Å². The lowest BCUT2D eigenvalue weighted by molar-refractivity contribution is -0.464. The quantitative estimate of drug-likeness (QED) is 0.699. The van der Waals surface area contributed by atoms with Crippen LogP contribution in [0.4, 0.5) is 0 Å². The molecule has 3 heteroatoms. The summed E-state index contributed by atoms with van der Waals surface area (Å²) >= 11 is 4.03. The third-order valence-corrected chi connectivity index (χ3v) is 5.26. The van der Waals surface area contributed by atoms with Crippen molar-refractivity contribution < 1.29 is 4.58 Å². The van der Waals surface area contributed by atoms with Crippen LogP contribution in [-0.4, -0.2) is 35.4 Å². The van der Waals surface area contributed by atoms with E-state index >= 15 is 0 Å². The second-order valence-corrected chi connectivity index (χ2v) is 7.23. The van der Waals surface area contributed by atoms with Crippen LogP contribution in [0.25, 0.3) is 0 Å². The van der Waals surface area contributed by atoms with Crippen molar-refractivity contribution in [3.05, 3.63) is 10.3 Å². The van der Waals surface area contributed by atoms with Crippen LogP contribution in [-0.2, 0) is 0 Å². The summed E-state index contributed by atoms with van der Waals surface area (Å²) in [5.41, 5.74) is 1.48. The van der Waals surface area contributed by atoms with E-state index in [1.165, 1.54) is 22.1 Å². The molecule has 0 aromatic carbocycles. The molecule has 0 bridgehead atoms. The smallest absolute Gasteiger partial charge is 0.178 e. The highest BCUT2D eigenvalue weighted by molar-refractivity contribution is 8.22. The maximum absolute atomic E-state index is 2.36. The Morgan fingerprint density at radius 1 is 1.53 bits per heavy atom. The van der Waals surface area contributed by atoms with E-state index in [0.717, 1.165) is 11.2 Å². The fourth-order valence-electron chi connectivity index (χ4n) is 1.53. The van der Waals surface area contributed by atoms with Gasteiger partial charge in [-0.25, -0.2) is 4.58 Å². The molecule has 1 rings (SSSR count). The summed E-state index contributed by atoms with van der Waals surface area (Å²) in [6.45, 7) is 6.87. The molecule has 1 aliphatic heterocycles. The van der Waals surface area contributed by atoms with Crippen LogP contribution in [0.3, 0.4) is 0 Å². The van der Waals surface area contributed by atoms with Gasteiger partial charge in [0.25, 0.3) is 0 Å². The third kappa shape index (κ3) is 3.87. The van der Waals surface area contributed by atoms with Crippen molar-refractivity contribution in [2.45, 2.75) is 32.4 Å². The van der Waals surface area contributed by atoms with Crippen LogP contribution in [0.15, 0.2) is 10.3 Å². The molecule has 0 saturated heterocycles. The first-order valence-electron chi connectivity index (χ1n) is 5.58. The van der Waals surface area contributed by atoms with Crippen LogP contribution in [0.5, 0.6) is 0 Å². The molecule has 0 radical (unpaired) electrons. The van der Waals surface area contributed by atoms with Gasteiger partial charge in [-0.1, -0.05) is 20.8 Å². The Kier molecular flexibility index (Phi) is 5.27. The maximum Gasteiger partial charge on any atom is 0.178 e. The van der Waals surface area contributed by atoms with Gasteiger partial charge in [-0.3, -0.25) is 0 Å². The van der Waals surface area contributed by atoms with Crippen LogP contribution in [0, 0.1) is 5.92 Å². The van der Waals surface area contributed by atoms with Gasteiger partial charge < -0.3 is 0 Å². The first-order valence-corrected chi connectivity index (χ1v) is 7.45. The van der Waals surface area contributed by atoms with E-state index in [1.807, 2.05) is 11.8 Å². The fourth-order valence-corrected chi connectivity index (χ4v) is 4.06. The minimum Gasteiger partial charge on any atom is -0.239 e. The summed E-state index contributed by atoms with van der Waals surface area (Å²) in [6.07, 6.45) is 3.57. The molecule has 0 spiro atoms. The molecule has 1 atom stereocenters. The highest BCUT2D eigenvalue weighted by Crippen LogP contribution is 2.39. The maximum atomic E-state index is 2.36. The lowest BCUT2D eigenvalue weighted by atomic mass is 10.0. The number of thioether (sulfide) groups is 2. The van der Waals surface area contributed by atoms with Gasteiger partial charge in [-0.15, -0.1) is 23.5 Å². The minimum atomic E-state index is 0.751. The number of nitrogens with zero attached hydrogens (tertiary/aromatic N) is 1. The van der Waals surface area contributed by atoms with E-state index in [9.17, 15) is 0 Å². The van der Waals surface area contributed by atoms with Gasteiger partial charge in [0.2, 0.25) is 0 Å². The summed E-state index contributed by atoms with van der Waals surface area (Å²) < 4.78 is 3.75. The molecule has 0 aliphatic carbocycles. The minimum absolute atomic E-state index is 0.751. The van der Waals surface area contributed by atoms with E-state index in [1.54, 1.807) is 0 Å². The Balaban J connectivity index is 2.85. The lowest BCUT2D eigenvalue weighted by Gasteiger charge is -2.24. The number of rotatable bonds is 3. The average Bonchev–Trinajstić information content (AvgIpc) is 2.17. The molecule has 1 heterocycles. The zero-order valence-electron chi connectivity index (χ0n) is 10.4. The summed E-state index contributed by atoms with van der Waals surface area (Å²) in [6, 6.07) is 0. The van der Waals surface area contributed by atoms with E-state index in [0.29, 0.717) is 0 Å². The van der Waals surface area contributed by atoms with Gasteiger partial charge in [0.15, 0.2) is 5.71 Å². The molecule has 86 valence electrons. The molecule has 0 amide bonds. The largest absolute Gasteiger partial charge is 0.239 e. The van der Waals surface area contributed by atoms with Gasteiger partial charge in [-0.2, -0.15) is 0 Å². The highest BCUT2D eigenvalue weighted by atomic mass is 32.2. The predicted octanol–water partition coefficient (Wildman–Crippen LogP) is 3.46. The Morgan fingerprint density at radius 2 is 2.20 bits per heavy atom. The number of hydrogen-bond acceptors (Lipinski definition) is 2. The average molecular weight is 244 g/mol. The van der Waals surface area contributed by atoms with E-state index in [4.69, 9.17) is 0 Å². The zero-order chi connectivity index (χ0) is 11.4. The summed E-state index contributed by atoms with van der Waals surface area (Å²) in [5.74, 6) is 1.93. The number of allylic oxidation sites excluding steroid dienone is 1. The molecular formula is C12H22NS2+. The van der Waals surface area contributed by atoms with Crippen LogP contribution in [0.2, 0.25) is 0 Å². The predicted molar refractivity (Wildman–Crippen MR) is 74.2 cm³/mol. The molecule has 0 aromatic heterocycles. The molecule has 0 fully saturated rings. The van der Waals surface area contributed by atoms with Crippen molar-refractivity contribution in [1.82, 2.24) is 0 Å². The lowest BCUT2D eigenvalue weighted by Crippen LogP contribution is -2.24. The van der Waals surface area contributed by atoms with Gasteiger partial charge in [0.05, 0.1) is 0 Å². The second-order valence-electron chi connectivity index (χ2n) is 4.39. The van der Waals surface area contributed by atoms with Crippen molar-refractivity contribution in [3.8, 4) is 0 Å². The van der Waals surface area contributed by atoms with Gasteiger partial charge in [0.1, 0.15) is 14.1 Å². The molecule has 1 unspecified atom stereocenters. The molecule has 15 heavy (non-hydrogen) atoms.